The van der Waals surface area contributed by atoms with Gasteiger partial charge in [0.2, 0.25) is 5.91 Å². The molecule has 0 atom stereocenters. The summed E-state index contributed by atoms with van der Waals surface area (Å²) in [6, 6.07) is 8.62. The molecule has 1 aliphatic rings. The van der Waals surface area contributed by atoms with Crippen LogP contribution in [0.4, 0.5) is 0 Å². The first-order valence-corrected chi connectivity index (χ1v) is 8.14. The van der Waals surface area contributed by atoms with E-state index in [1.807, 2.05) is 6.07 Å². The van der Waals surface area contributed by atoms with E-state index in [1.54, 1.807) is 31.2 Å². The summed E-state index contributed by atoms with van der Waals surface area (Å²) in [5, 5.41) is 0.518. The first kappa shape index (κ1) is 17.1. The number of thioether (sulfide) groups is 1. The summed E-state index contributed by atoms with van der Waals surface area (Å²) in [5.41, 5.74) is 0.455. The van der Waals surface area contributed by atoms with Gasteiger partial charge in [-0.15, -0.1) is 0 Å². The summed E-state index contributed by atoms with van der Waals surface area (Å²) in [6.07, 6.45) is 1.29. The van der Waals surface area contributed by atoms with E-state index in [9.17, 15) is 14.4 Å². The van der Waals surface area contributed by atoms with Crippen molar-refractivity contribution in [3.8, 4) is 0 Å². The molecule has 0 N–H and O–H groups in total. The molecule has 0 radical (unpaired) electrons. The Morgan fingerprint density at radius 1 is 1.26 bits per heavy atom. The van der Waals surface area contributed by atoms with E-state index in [0.29, 0.717) is 10.6 Å². The second-order valence-electron chi connectivity index (χ2n) is 4.57. The maximum absolute atomic E-state index is 11.8. The van der Waals surface area contributed by atoms with Crippen LogP contribution in [0.3, 0.4) is 0 Å². The van der Waals surface area contributed by atoms with Crippen molar-refractivity contribution < 1.29 is 23.9 Å². The summed E-state index contributed by atoms with van der Waals surface area (Å²) >= 11 is 1.26. The number of hydrogen-bond donors (Lipinski definition) is 0. The van der Waals surface area contributed by atoms with Gasteiger partial charge in [-0.2, -0.15) is 0 Å². The quantitative estimate of drug-likeness (QED) is 0.583. The van der Waals surface area contributed by atoms with Gasteiger partial charge in [0.1, 0.15) is 6.61 Å². The van der Waals surface area contributed by atoms with E-state index in [4.69, 9.17) is 9.47 Å². The monoisotopic (exact) mass is 335 g/mol. The number of hydrogen-bond acceptors (Lipinski definition) is 6. The Kier molecular flexibility index (Phi) is 6.22. The van der Waals surface area contributed by atoms with Gasteiger partial charge in [0.05, 0.1) is 35.6 Å². The lowest BCUT2D eigenvalue weighted by Crippen LogP contribution is -2.29. The fraction of sp³-hybridized carbons (Fsp3) is 0.312. The van der Waals surface area contributed by atoms with Crippen molar-refractivity contribution in [2.45, 2.75) is 6.92 Å². The second kappa shape index (κ2) is 8.38. The highest BCUT2D eigenvalue weighted by atomic mass is 32.2. The number of rotatable bonds is 6. The number of nitrogens with zero attached hydrogens (tertiary/aromatic N) is 1. The van der Waals surface area contributed by atoms with Crippen molar-refractivity contribution in [2.24, 2.45) is 0 Å². The Hall–Kier alpha value is -2.28. The molecule has 0 aliphatic carbocycles. The number of ether oxygens (including phenoxy) is 2. The summed E-state index contributed by atoms with van der Waals surface area (Å²) in [7, 11) is 0. The number of benzene rings is 1. The van der Waals surface area contributed by atoms with Crippen LogP contribution in [0.2, 0.25) is 0 Å². The van der Waals surface area contributed by atoms with Crippen LogP contribution < -0.4 is 0 Å². The number of amides is 1. The third kappa shape index (κ3) is 4.85. The SMILES string of the molecule is CCOC(=O)C=C1SCC(=O)N1CCOC(=O)c1ccccc1. The van der Waals surface area contributed by atoms with Crippen molar-refractivity contribution in [3.63, 3.8) is 0 Å². The van der Waals surface area contributed by atoms with Gasteiger partial charge in [0.25, 0.3) is 0 Å². The molecular formula is C16H17NO5S. The van der Waals surface area contributed by atoms with Crippen molar-refractivity contribution in [1.82, 2.24) is 4.90 Å². The smallest absolute Gasteiger partial charge is 0.338 e. The lowest BCUT2D eigenvalue weighted by atomic mass is 10.2. The van der Waals surface area contributed by atoms with E-state index in [1.165, 1.54) is 22.7 Å². The highest BCUT2D eigenvalue weighted by molar-refractivity contribution is 8.04. The predicted octanol–water partition coefficient (Wildman–Crippen LogP) is 1.82. The maximum atomic E-state index is 11.8. The van der Waals surface area contributed by atoms with Gasteiger partial charge in [0, 0.05) is 0 Å². The lowest BCUT2D eigenvalue weighted by molar-refractivity contribution is -0.137. The van der Waals surface area contributed by atoms with Crippen LogP contribution in [0.5, 0.6) is 0 Å². The molecule has 1 amide bonds. The normalized spacial score (nSPS) is 15.8. The van der Waals surface area contributed by atoms with Crippen LogP contribution in [-0.2, 0) is 19.1 Å². The zero-order valence-corrected chi connectivity index (χ0v) is 13.5. The van der Waals surface area contributed by atoms with Gasteiger partial charge in [-0.25, -0.2) is 9.59 Å². The minimum absolute atomic E-state index is 0.0557. The highest BCUT2D eigenvalue weighted by Gasteiger charge is 2.27. The topological polar surface area (TPSA) is 72.9 Å². The molecule has 1 fully saturated rings. The summed E-state index contributed by atoms with van der Waals surface area (Å²) in [5.74, 6) is -0.796. The molecule has 7 heteroatoms. The molecule has 0 saturated carbocycles. The summed E-state index contributed by atoms with van der Waals surface area (Å²) in [4.78, 5) is 36.6. The van der Waals surface area contributed by atoms with Gasteiger partial charge >= 0.3 is 11.9 Å². The molecule has 6 nitrogen and oxygen atoms in total. The minimum Gasteiger partial charge on any atom is -0.463 e. The molecule has 2 rings (SSSR count). The summed E-state index contributed by atoms with van der Waals surface area (Å²) < 4.78 is 9.99. The fourth-order valence-corrected chi connectivity index (χ4v) is 2.90. The van der Waals surface area contributed by atoms with Gasteiger partial charge in [-0.05, 0) is 19.1 Å². The maximum Gasteiger partial charge on any atom is 0.338 e. The molecule has 1 heterocycles. The number of carbonyl (C=O) groups is 3. The van der Waals surface area contributed by atoms with Crippen LogP contribution in [0.1, 0.15) is 17.3 Å². The number of carbonyl (C=O) groups excluding carboxylic acids is 3. The molecule has 1 aliphatic heterocycles. The largest absolute Gasteiger partial charge is 0.463 e. The molecule has 1 aromatic rings. The molecule has 23 heavy (non-hydrogen) atoms. The van der Waals surface area contributed by atoms with Gasteiger partial charge in [-0.1, -0.05) is 30.0 Å². The first-order chi connectivity index (χ1) is 11.1. The molecule has 0 aromatic heterocycles. The fourth-order valence-electron chi connectivity index (χ4n) is 1.94. The molecule has 122 valence electrons. The zero-order valence-electron chi connectivity index (χ0n) is 12.7. The van der Waals surface area contributed by atoms with Crippen LogP contribution >= 0.6 is 11.8 Å². The van der Waals surface area contributed by atoms with E-state index >= 15 is 0 Å². The third-order valence-corrected chi connectivity index (χ3v) is 4.02. The Balaban J connectivity index is 1.89. The van der Waals surface area contributed by atoms with Crippen LogP contribution in [0.25, 0.3) is 0 Å². The van der Waals surface area contributed by atoms with Crippen LogP contribution in [0.15, 0.2) is 41.4 Å². The Bertz CT molecular complexity index is 614. The van der Waals surface area contributed by atoms with Crippen molar-refractivity contribution in [2.75, 3.05) is 25.5 Å². The van der Waals surface area contributed by atoms with Gasteiger partial charge in [0.15, 0.2) is 0 Å². The average molecular weight is 335 g/mol. The predicted molar refractivity (Wildman–Crippen MR) is 85.6 cm³/mol. The van der Waals surface area contributed by atoms with Crippen molar-refractivity contribution in [3.05, 3.63) is 47.0 Å². The lowest BCUT2D eigenvalue weighted by Gasteiger charge is -2.16. The zero-order chi connectivity index (χ0) is 16.7. The van der Waals surface area contributed by atoms with E-state index < -0.39 is 11.9 Å². The highest BCUT2D eigenvalue weighted by Crippen LogP contribution is 2.28. The van der Waals surface area contributed by atoms with Crippen LogP contribution in [0, 0.1) is 0 Å². The Morgan fingerprint density at radius 2 is 2.00 bits per heavy atom. The molecular weight excluding hydrogens is 318 g/mol. The second-order valence-corrected chi connectivity index (χ2v) is 5.57. The van der Waals surface area contributed by atoms with Gasteiger partial charge in [-0.3, -0.25) is 4.79 Å². The number of esters is 2. The third-order valence-electron chi connectivity index (χ3n) is 3.00. The molecule has 1 aromatic carbocycles. The van der Waals surface area contributed by atoms with E-state index in [0.717, 1.165) is 0 Å². The van der Waals surface area contributed by atoms with Crippen molar-refractivity contribution >= 4 is 29.6 Å². The summed E-state index contributed by atoms with van der Waals surface area (Å²) in [6.45, 7) is 2.25. The minimum atomic E-state index is -0.490. The first-order valence-electron chi connectivity index (χ1n) is 7.15. The Morgan fingerprint density at radius 3 is 2.70 bits per heavy atom. The van der Waals surface area contributed by atoms with E-state index in [2.05, 4.69) is 0 Å². The Labute approximate surface area is 138 Å². The van der Waals surface area contributed by atoms with Crippen LogP contribution in [-0.4, -0.2) is 48.3 Å². The standard InChI is InChI=1S/C16H17NO5S/c1-2-21-15(19)10-14-17(13(18)11-23-14)8-9-22-16(20)12-6-4-3-5-7-12/h3-7,10H,2,8-9,11H2,1H3. The van der Waals surface area contributed by atoms with Gasteiger partial charge < -0.3 is 14.4 Å². The van der Waals surface area contributed by atoms with E-state index in [-0.39, 0.29) is 31.4 Å². The molecule has 0 spiro atoms. The molecule has 0 bridgehead atoms. The average Bonchev–Trinajstić information content (AvgIpc) is 2.89. The van der Waals surface area contributed by atoms with Crippen molar-refractivity contribution in [1.29, 1.82) is 0 Å². The molecule has 0 unspecified atom stereocenters. The molecule has 1 saturated heterocycles.